The zero-order valence-corrected chi connectivity index (χ0v) is 45.9. The molecule has 18 nitrogen and oxygen atoms in total. The average molecular weight is 1080 g/mol. The summed E-state index contributed by atoms with van der Waals surface area (Å²) in [5.74, 6) is -2.10. The van der Waals surface area contributed by atoms with E-state index in [1.807, 2.05) is 32.0 Å². The number of aliphatic hydroxyl groups is 1. The van der Waals surface area contributed by atoms with Crippen molar-refractivity contribution >= 4 is 104 Å². The van der Waals surface area contributed by atoms with Crippen LogP contribution in [0.3, 0.4) is 0 Å². The summed E-state index contributed by atoms with van der Waals surface area (Å²) in [7, 11) is 2.92. The first-order chi connectivity index (χ1) is 33.0. The van der Waals surface area contributed by atoms with Crippen molar-refractivity contribution in [3.05, 3.63) is 35.8 Å². The maximum absolute atomic E-state index is 14.3. The van der Waals surface area contributed by atoms with Gasteiger partial charge in [0.2, 0.25) is 11.4 Å². The fraction of sp³-hybridized carbons (Fsp3) is 0.717. The van der Waals surface area contributed by atoms with Crippen LogP contribution in [0.15, 0.2) is 29.4 Å². The van der Waals surface area contributed by atoms with E-state index in [2.05, 4.69) is 15.1 Å². The fourth-order valence-corrected chi connectivity index (χ4v) is 12.5. The molecular formula is C46H70BN3O15S5. The summed E-state index contributed by atoms with van der Waals surface area (Å²) < 4.78 is 44.2. The minimum atomic E-state index is -1.41. The van der Waals surface area contributed by atoms with Gasteiger partial charge in [0, 0.05) is 62.3 Å². The summed E-state index contributed by atoms with van der Waals surface area (Å²) in [6, 6.07) is 5.58. The van der Waals surface area contributed by atoms with Gasteiger partial charge < -0.3 is 53.2 Å². The monoisotopic (exact) mass is 1080 g/mol. The van der Waals surface area contributed by atoms with Crippen LogP contribution in [-0.4, -0.2) is 156 Å². The Balaban J connectivity index is 2.33. The summed E-state index contributed by atoms with van der Waals surface area (Å²) in [5, 5.41) is 12.4. The maximum Gasteiger partial charge on any atom is 0.322 e. The number of thioether (sulfide) groups is 2. The molecule has 5 unspecified atom stereocenters. The Morgan fingerprint density at radius 3 is 2.27 bits per heavy atom. The van der Waals surface area contributed by atoms with Gasteiger partial charge in [-0.25, -0.2) is 11.6 Å². The minimum Gasteiger partial charge on any atom is -0.468 e. The summed E-state index contributed by atoms with van der Waals surface area (Å²) in [6.45, 7) is 24.2. The number of carbonyl (C=O) groups is 6. The minimum absolute atomic E-state index is 0.000375. The number of aromatic nitrogens is 1. The highest BCUT2D eigenvalue weighted by Gasteiger charge is 2.52. The van der Waals surface area contributed by atoms with Crippen LogP contribution in [0.25, 0.3) is 4.85 Å². The molecule has 0 bridgehead atoms. The molecule has 1 amide bonds. The molecule has 392 valence electrons. The number of ether oxygens (including phenoxy) is 8. The second kappa shape index (κ2) is 31.4. The predicted molar refractivity (Wildman–Crippen MR) is 277 cm³/mol. The number of nitrogens with one attached hydrogen (secondary N) is 1. The van der Waals surface area contributed by atoms with E-state index >= 15 is 0 Å². The molecule has 24 heteroatoms. The van der Waals surface area contributed by atoms with Gasteiger partial charge in [0.1, 0.15) is 39.9 Å². The van der Waals surface area contributed by atoms with Gasteiger partial charge in [0.05, 0.1) is 45.1 Å². The van der Waals surface area contributed by atoms with E-state index in [1.165, 1.54) is 54.1 Å². The highest BCUT2D eigenvalue weighted by atomic mass is 33.1. The maximum atomic E-state index is 14.3. The summed E-state index contributed by atoms with van der Waals surface area (Å²) >= 11 is 8.20. The number of hydrogen-bond acceptors (Lipinski definition) is 21. The molecule has 1 saturated heterocycles. The highest BCUT2D eigenvalue weighted by molar-refractivity contribution is 8.76. The largest absolute Gasteiger partial charge is 0.468 e. The van der Waals surface area contributed by atoms with Crippen molar-refractivity contribution in [3.8, 4) is 0 Å². The van der Waals surface area contributed by atoms with Crippen molar-refractivity contribution < 1.29 is 71.8 Å². The Hall–Kier alpha value is -3.15. The lowest BCUT2D eigenvalue weighted by molar-refractivity contribution is -0.288. The van der Waals surface area contributed by atoms with Crippen LogP contribution in [0.4, 0.5) is 0 Å². The fourth-order valence-electron chi connectivity index (χ4n) is 7.59. The molecule has 0 aromatic carbocycles. The smallest absolute Gasteiger partial charge is 0.322 e. The number of pyridine rings is 1. The van der Waals surface area contributed by atoms with Gasteiger partial charge in [0.25, 0.3) is 6.47 Å². The van der Waals surface area contributed by atoms with Gasteiger partial charge in [0.15, 0.2) is 12.4 Å². The van der Waals surface area contributed by atoms with Crippen LogP contribution in [0.2, 0.25) is 11.6 Å². The molecule has 10 atom stereocenters. The Bertz CT molecular complexity index is 1910. The van der Waals surface area contributed by atoms with Crippen LogP contribution < -0.4 is 5.32 Å². The molecule has 1 fully saturated rings. The Kier molecular flexibility index (Phi) is 28.3. The predicted octanol–water partition coefficient (Wildman–Crippen LogP) is 6.27. The number of esters is 4. The van der Waals surface area contributed by atoms with Crippen molar-refractivity contribution in [2.24, 2.45) is 11.3 Å². The molecule has 1 aliphatic rings. The topological polar surface area (TPSA) is 226 Å². The van der Waals surface area contributed by atoms with Crippen molar-refractivity contribution in [2.45, 2.75) is 146 Å². The van der Waals surface area contributed by atoms with Gasteiger partial charge in [-0.2, -0.15) is 0 Å². The third kappa shape index (κ3) is 21.9. The molecule has 1 aromatic rings. The molecule has 2 heterocycles. The molecule has 0 saturated carbocycles. The average Bonchev–Trinajstić information content (AvgIpc) is 3.29. The molecule has 2 rings (SSSR count). The van der Waals surface area contributed by atoms with E-state index in [0.29, 0.717) is 15.0 Å². The lowest BCUT2D eigenvalue weighted by Crippen LogP contribution is -2.56. The lowest BCUT2D eigenvalue weighted by atomic mass is 9.44. The number of nitrogens with zero attached hydrogens (tertiary/aromatic N) is 2. The Morgan fingerprint density at radius 1 is 0.986 bits per heavy atom. The molecule has 2 N–H and O–H groups in total. The number of thiocarbonyl (C=S) groups is 1. The first-order valence-corrected chi connectivity index (χ1v) is 27.5. The van der Waals surface area contributed by atoms with Gasteiger partial charge in [-0.15, -0.1) is 11.8 Å². The molecule has 1 aliphatic heterocycles. The summed E-state index contributed by atoms with van der Waals surface area (Å²) in [5.41, 5.74) is -2.59. The first kappa shape index (κ1) is 63.0. The van der Waals surface area contributed by atoms with Gasteiger partial charge >= 0.3 is 23.9 Å². The zero-order valence-electron chi connectivity index (χ0n) is 41.8. The molecule has 0 spiro atoms. The summed E-state index contributed by atoms with van der Waals surface area (Å²) in [6.07, 6.45) is -2.53. The summed E-state index contributed by atoms with van der Waals surface area (Å²) in [4.78, 5) is 85.9. The Labute approximate surface area is 435 Å². The number of amides is 1. The van der Waals surface area contributed by atoms with Crippen LogP contribution in [0, 0.1) is 17.9 Å². The number of rotatable bonds is 32. The van der Waals surface area contributed by atoms with Crippen molar-refractivity contribution in [2.75, 3.05) is 57.7 Å². The van der Waals surface area contributed by atoms with Crippen LogP contribution >= 0.6 is 57.3 Å². The normalized spacial score (nSPS) is 21.6. The zero-order chi connectivity index (χ0) is 52.5. The van der Waals surface area contributed by atoms with E-state index in [4.69, 9.17) is 56.7 Å². The van der Waals surface area contributed by atoms with Crippen molar-refractivity contribution in [3.63, 3.8) is 0 Å². The molecule has 1 aromatic heterocycles. The van der Waals surface area contributed by atoms with E-state index in [0.717, 1.165) is 16.8 Å². The standard InChI is InChI=1S/C46H70BN3O15S5/c1-12-67-42(66)69-46(10,41(57)62-23-24-68-70-35-15-13-14-17-49-35)26-43(7,39(55)50-25-30(2)52)28-47-45(9,27-44(8,48-11)16-18-59-29-51)40(56)61-22-20-58-19-21-60-38-37(65-34(6)54)36(64-33(5)53)31(3)32(4)63-38/h13-15,17,29-32,36-38,47,52H,12,16,18-28H2,1-10H3,(H,50,55)/t30?,31-,32+,36-,37+,38+,43?,44?,45?,46?/m0/s1. The first-order valence-electron chi connectivity index (χ1n) is 23.0. The van der Waals surface area contributed by atoms with Gasteiger partial charge in [-0.05, 0) is 55.9 Å². The molecular weight excluding hydrogens is 1010 g/mol. The third-order valence-electron chi connectivity index (χ3n) is 11.4. The Morgan fingerprint density at radius 2 is 1.66 bits per heavy atom. The van der Waals surface area contributed by atoms with Crippen LogP contribution in [0.5, 0.6) is 0 Å². The van der Waals surface area contributed by atoms with Gasteiger partial charge in [-0.3, -0.25) is 28.8 Å². The van der Waals surface area contributed by atoms with Crippen LogP contribution in [-0.2, 0) is 66.7 Å². The quantitative estimate of drug-likeness (QED) is 0.0118. The van der Waals surface area contributed by atoms with E-state index in [9.17, 15) is 33.9 Å². The van der Waals surface area contributed by atoms with Crippen LogP contribution in [0.1, 0.15) is 88.5 Å². The van der Waals surface area contributed by atoms with Crippen molar-refractivity contribution in [1.82, 2.24) is 10.3 Å². The number of hydrogen-bond donors (Lipinski definition) is 2. The SMILES string of the molecule is [C-]#[N+]C(C)(CCOC=O)CC(C)(BCC(C)(CC(C)(SC(=S)SCC)C(=O)OCCSSc1ccccn1)C(=O)NCC(C)O)C(=O)OCCOCCO[C@@H]1O[C@H](C)[C@H](C)[C@H](OC(C)=O)[C@H]1OC(C)=O. The van der Waals surface area contributed by atoms with Gasteiger partial charge in [-0.1, -0.05) is 74.9 Å². The molecule has 70 heavy (non-hydrogen) atoms. The number of carbonyl (C=O) groups excluding carboxylic acids is 6. The molecule has 0 aliphatic carbocycles. The van der Waals surface area contributed by atoms with E-state index < -0.39 is 81.5 Å². The molecule has 0 radical (unpaired) electrons. The third-order valence-corrected chi connectivity index (χ3v) is 16.3. The second-order valence-electron chi connectivity index (χ2n) is 17.9. The highest BCUT2D eigenvalue weighted by Crippen LogP contribution is 2.47. The van der Waals surface area contributed by atoms with Crippen molar-refractivity contribution in [1.29, 1.82) is 0 Å². The lowest BCUT2D eigenvalue weighted by Gasteiger charge is -2.43. The van der Waals surface area contributed by atoms with E-state index in [-0.39, 0.29) is 91.4 Å². The van der Waals surface area contributed by atoms with E-state index in [1.54, 1.807) is 40.8 Å². The second-order valence-corrected chi connectivity index (χ2v) is 24.3. The number of aliphatic hydroxyl groups excluding tert-OH is 1.